The lowest BCUT2D eigenvalue weighted by Crippen LogP contribution is -2.10. The van der Waals surface area contributed by atoms with E-state index in [1.165, 1.54) is 5.56 Å². The zero-order chi connectivity index (χ0) is 15.1. The Labute approximate surface area is 131 Å². The zero-order valence-corrected chi connectivity index (χ0v) is 12.9. The van der Waals surface area contributed by atoms with Crippen molar-refractivity contribution in [2.75, 3.05) is 5.32 Å². The summed E-state index contributed by atoms with van der Waals surface area (Å²) in [7, 11) is 0. The number of unbranched alkanes of at least 4 members (excludes halogenated alkanes) is 1. The van der Waals surface area contributed by atoms with E-state index < -0.39 is 0 Å². The summed E-state index contributed by atoms with van der Waals surface area (Å²) in [5.41, 5.74) is 2.70. The first-order valence-corrected chi connectivity index (χ1v) is 7.63. The van der Waals surface area contributed by atoms with E-state index in [4.69, 9.17) is 16.9 Å². The molecule has 0 fully saturated rings. The third-order valence-electron chi connectivity index (χ3n) is 3.48. The second-order valence-electron chi connectivity index (χ2n) is 5.06. The third-order valence-corrected chi connectivity index (χ3v) is 3.81. The Morgan fingerprint density at radius 2 is 1.95 bits per heavy atom. The molecular formula is C18H19ClN2. The maximum absolute atomic E-state index is 9.07. The van der Waals surface area contributed by atoms with Crippen LogP contribution in [0.25, 0.3) is 0 Å². The number of benzene rings is 2. The van der Waals surface area contributed by atoms with Gasteiger partial charge in [-0.15, -0.1) is 0 Å². The lowest BCUT2D eigenvalue weighted by molar-refractivity contribution is 0.634. The fourth-order valence-electron chi connectivity index (χ4n) is 2.32. The van der Waals surface area contributed by atoms with E-state index in [9.17, 15) is 0 Å². The Bertz CT molecular complexity index is 617. The van der Waals surface area contributed by atoms with Crippen molar-refractivity contribution >= 4 is 17.3 Å². The van der Waals surface area contributed by atoms with Crippen LogP contribution in [-0.2, 0) is 0 Å². The molecule has 0 bridgehead atoms. The molecule has 21 heavy (non-hydrogen) atoms. The van der Waals surface area contributed by atoms with Gasteiger partial charge >= 0.3 is 0 Å². The fourth-order valence-corrected chi connectivity index (χ4v) is 2.48. The Morgan fingerprint density at radius 1 is 1.19 bits per heavy atom. The van der Waals surface area contributed by atoms with Crippen LogP contribution < -0.4 is 5.32 Å². The standard InChI is InChI=1S/C18H19ClN2/c1-2-3-9-18(14-7-5-4-6-8-14)21-16-10-11-17(19)15(12-16)13-20/h4-8,10-12,18,21H,2-3,9H2,1H3. The van der Waals surface area contributed by atoms with Crippen molar-refractivity contribution in [3.05, 3.63) is 64.7 Å². The van der Waals surface area contributed by atoms with Gasteiger partial charge in [-0.3, -0.25) is 0 Å². The minimum Gasteiger partial charge on any atom is -0.378 e. The Morgan fingerprint density at radius 3 is 2.62 bits per heavy atom. The van der Waals surface area contributed by atoms with E-state index in [1.54, 1.807) is 6.07 Å². The average molecular weight is 299 g/mol. The molecule has 0 aliphatic rings. The number of nitrogens with zero attached hydrogens (tertiary/aromatic N) is 1. The fraction of sp³-hybridized carbons (Fsp3) is 0.278. The van der Waals surface area contributed by atoms with Gasteiger partial charge in [0.2, 0.25) is 0 Å². The number of anilines is 1. The number of nitriles is 1. The topological polar surface area (TPSA) is 35.8 Å². The molecule has 1 unspecified atom stereocenters. The molecule has 0 saturated carbocycles. The van der Waals surface area contributed by atoms with Gasteiger partial charge in [0, 0.05) is 5.69 Å². The summed E-state index contributed by atoms with van der Waals surface area (Å²) in [5.74, 6) is 0. The summed E-state index contributed by atoms with van der Waals surface area (Å²) in [6.07, 6.45) is 3.38. The smallest absolute Gasteiger partial charge is 0.101 e. The highest BCUT2D eigenvalue weighted by Gasteiger charge is 2.11. The summed E-state index contributed by atoms with van der Waals surface area (Å²) >= 11 is 5.98. The van der Waals surface area contributed by atoms with Crippen LogP contribution in [0.3, 0.4) is 0 Å². The Balaban J connectivity index is 2.21. The van der Waals surface area contributed by atoms with Crippen molar-refractivity contribution in [2.45, 2.75) is 32.2 Å². The predicted molar refractivity (Wildman–Crippen MR) is 88.5 cm³/mol. The van der Waals surface area contributed by atoms with E-state index in [0.717, 1.165) is 24.9 Å². The number of rotatable bonds is 6. The second-order valence-corrected chi connectivity index (χ2v) is 5.46. The van der Waals surface area contributed by atoms with Crippen LogP contribution in [-0.4, -0.2) is 0 Å². The summed E-state index contributed by atoms with van der Waals surface area (Å²) in [4.78, 5) is 0. The van der Waals surface area contributed by atoms with Crippen LogP contribution in [0.1, 0.15) is 43.4 Å². The van der Waals surface area contributed by atoms with Crippen LogP contribution >= 0.6 is 11.6 Å². The highest BCUT2D eigenvalue weighted by molar-refractivity contribution is 6.31. The van der Waals surface area contributed by atoms with Gasteiger partial charge in [0.15, 0.2) is 0 Å². The number of halogens is 1. The van der Waals surface area contributed by atoms with E-state index >= 15 is 0 Å². The highest BCUT2D eigenvalue weighted by Crippen LogP contribution is 2.27. The summed E-state index contributed by atoms with van der Waals surface area (Å²) in [5, 5.41) is 13.1. The van der Waals surface area contributed by atoms with Crippen molar-refractivity contribution in [3.63, 3.8) is 0 Å². The van der Waals surface area contributed by atoms with Crippen molar-refractivity contribution in [1.82, 2.24) is 0 Å². The molecule has 0 radical (unpaired) electrons. The lowest BCUT2D eigenvalue weighted by atomic mass is 10.0. The molecule has 0 aromatic heterocycles. The van der Waals surface area contributed by atoms with Gasteiger partial charge in [-0.1, -0.05) is 61.7 Å². The molecule has 0 aliphatic heterocycles. The molecule has 0 saturated heterocycles. The molecule has 0 heterocycles. The summed E-state index contributed by atoms with van der Waals surface area (Å²) < 4.78 is 0. The van der Waals surface area contributed by atoms with E-state index in [0.29, 0.717) is 10.6 Å². The maximum atomic E-state index is 9.07. The van der Waals surface area contributed by atoms with Crippen LogP contribution in [0.5, 0.6) is 0 Å². The molecule has 1 N–H and O–H groups in total. The van der Waals surface area contributed by atoms with Gasteiger partial charge in [-0.2, -0.15) is 5.26 Å². The minimum absolute atomic E-state index is 0.249. The quantitative estimate of drug-likeness (QED) is 0.758. The van der Waals surface area contributed by atoms with Crippen molar-refractivity contribution in [3.8, 4) is 6.07 Å². The van der Waals surface area contributed by atoms with Crippen LogP contribution in [0.4, 0.5) is 5.69 Å². The van der Waals surface area contributed by atoms with E-state index in [-0.39, 0.29) is 6.04 Å². The SMILES string of the molecule is CCCCC(Nc1ccc(Cl)c(C#N)c1)c1ccccc1. The van der Waals surface area contributed by atoms with Gasteiger partial charge in [0.25, 0.3) is 0 Å². The van der Waals surface area contributed by atoms with E-state index in [1.807, 2.05) is 18.2 Å². The molecule has 2 rings (SSSR count). The Hall–Kier alpha value is -1.98. The molecule has 2 aromatic carbocycles. The van der Waals surface area contributed by atoms with Gasteiger partial charge in [-0.25, -0.2) is 0 Å². The molecule has 3 heteroatoms. The van der Waals surface area contributed by atoms with Crippen molar-refractivity contribution in [2.24, 2.45) is 0 Å². The minimum atomic E-state index is 0.249. The monoisotopic (exact) mass is 298 g/mol. The average Bonchev–Trinajstić information content (AvgIpc) is 2.53. The van der Waals surface area contributed by atoms with Crippen molar-refractivity contribution in [1.29, 1.82) is 5.26 Å². The molecule has 0 spiro atoms. The first-order valence-electron chi connectivity index (χ1n) is 7.25. The number of hydrogen-bond acceptors (Lipinski definition) is 2. The first-order chi connectivity index (χ1) is 10.2. The number of nitrogens with one attached hydrogen (secondary N) is 1. The van der Waals surface area contributed by atoms with E-state index in [2.05, 4.69) is 42.6 Å². The van der Waals surface area contributed by atoms with Crippen molar-refractivity contribution < 1.29 is 0 Å². The third kappa shape index (κ3) is 4.24. The predicted octanol–water partition coefficient (Wildman–Crippen LogP) is 5.56. The molecule has 0 aliphatic carbocycles. The van der Waals surface area contributed by atoms with Gasteiger partial charge in [0.05, 0.1) is 16.6 Å². The normalized spacial score (nSPS) is 11.7. The molecule has 0 amide bonds. The first kappa shape index (κ1) is 15.4. The van der Waals surface area contributed by atoms with Gasteiger partial charge < -0.3 is 5.32 Å². The molecule has 108 valence electrons. The second kappa shape index (κ2) is 7.71. The Kier molecular flexibility index (Phi) is 5.66. The van der Waals surface area contributed by atoms with Crippen LogP contribution in [0.2, 0.25) is 5.02 Å². The van der Waals surface area contributed by atoms with Crippen LogP contribution in [0.15, 0.2) is 48.5 Å². The molecular weight excluding hydrogens is 280 g/mol. The zero-order valence-electron chi connectivity index (χ0n) is 12.1. The summed E-state index contributed by atoms with van der Waals surface area (Å²) in [6, 6.07) is 18.3. The van der Waals surface area contributed by atoms with Gasteiger partial charge in [-0.05, 0) is 30.2 Å². The molecule has 2 aromatic rings. The number of hydrogen-bond donors (Lipinski definition) is 1. The van der Waals surface area contributed by atoms with Gasteiger partial charge in [0.1, 0.15) is 6.07 Å². The lowest BCUT2D eigenvalue weighted by Gasteiger charge is -2.20. The maximum Gasteiger partial charge on any atom is 0.101 e. The molecule has 2 nitrogen and oxygen atoms in total. The summed E-state index contributed by atoms with van der Waals surface area (Å²) in [6.45, 7) is 2.19. The van der Waals surface area contributed by atoms with Crippen LogP contribution in [0, 0.1) is 11.3 Å². The largest absolute Gasteiger partial charge is 0.378 e. The molecule has 1 atom stereocenters. The highest BCUT2D eigenvalue weighted by atomic mass is 35.5.